The molecule has 0 aliphatic heterocycles. The van der Waals surface area contributed by atoms with Crippen molar-refractivity contribution in [2.45, 2.75) is 26.3 Å². The van der Waals surface area contributed by atoms with Gasteiger partial charge in [-0.2, -0.15) is 4.98 Å². The number of benzene rings is 1. The van der Waals surface area contributed by atoms with Crippen molar-refractivity contribution >= 4 is 53.1 Å². The van der Waals surface area contributed by atoms with Crippen LogP contribution in [0.4, 0.5) is 0 Å². The number of guanidine groups is 1. The van der Waals surface area contributed by atoms with E-state index in [1.165, 1.54) is 5.56 Å². The Morgan fingerprint density at radius 1 is 1.20 bits per heavy atom. The summed E-state index contributed by atoms with van der Waals surface area (Å²) in [7, 11) is 3.62. The summed E-state index contributed by atoms with van der Waals surface area (Å²) in [5, 5.41) is 11.6. The standard InChI is InChI=1S/C20H24Cl2N6O.HI/c1-4-17-26-19(29-27-17)14-7-5-13(6-8-14)9-10-24-20(23-2)25-12-15-11-16(21)18(22)28(15)3;/h5-8,11H,4,9-10,12H2,1-3H3,(H2,23,24,25);1H. The SMILES string of the molecule is CCc1noc(-c2ccc(CCNC(=NC)NCc3cc(Cl)c(Cl)n3C)cc2)n1.I. The lowest BCUT2D eigenvalue weighted by Gasteiger charge is -2.12. The zero-order valence-corrected chi connectivity index (χ0v) is 20.9. The molecule has 2 N–H and O–H groups in total. The van der Waals surface area contributed by atoms with Crippen molar-refractivity contribution in [3.05, 3.63) is 57.6 Å². The van der Waals surface area contributed by atoms with Crippen LogP contribution in [0.5, 0.6) is 0 Å². The van der Waals surface area contributed by atoms with Gasteiger partial charge in [-0.3, -0.25) is 4.99 Å². The molecule has 7 nitrogen and oxygen atoms in total. The van der Waals surface area contributed by atoms with Gasteiger partial charge >= 0.3 is 0 Å². The number of rotatable bonds is 7. The molecule has 0 amide bonds. The number of aliphatic imine (C=N–C) groups is 1. The van der Waals surface area contributed by atoms with Gasteiger partial charge in [0.25, 0.3) is 5.89 Å². The molecule has 1 aromatic carbocycles. The Bertz CT molecular complexity index is 984. The highest BCUT2D eigenvalue weighted by Crippen LogP contribution is 2.24. The summed E-state index contributed by atoms with van der Waals surface area (Å²) in [6.45, 7) is 3.31. The van der Waals surface area contributed by atoms with Crippen molar-refractivity contribution in [1.82, 2.24) is 25.3 Å². The van der Waals surface area contributed by atoms with Crippen molar-refractivity contribution < 1.29 is 4.52 Å². The Morgan fingerprint density at radius 2 is 1.93 bits per heavy atom. The van der Waals surface area contributed by atoms with Gasteiger partial charge in [-0.05, 0) is 30.2 Å². The highest BCUT2D eigenvalue weighted by Gasteiger charge is 2.10. The average Bonchev–Trinajstić information content (AvgIpc) is 3.32. The molecule has 0 radical (unpaired) electrons. The van der Waals surface area contributed by atoms with Gasteiger partial charge in [-0.1, -0.05) is 47.4 Å². The lowest BCUT2D eigenvalue weighted by molar-refractivity contribution is 0.423. The highest BCUT2D eigenvalue weighted by molar-refractivity contribution is 14.0. The Labute approximate surface area is 203 Å². The first-order valence-corrected chi connectivity index (χ1v) is 10.1. The number of aryl methyl sites for hydroxylation is 1. The van der Waals surface area contributed by atoms with E-state index >= 15 is 0 Å². The smallest absolute Gasteiger partial charge is 0.257 e. The predicted octanol–water partition coefficient (Wildman–Crippen LogP) is 4.47. The van der Waals surface area contributed by atoms with E-state index in [2.05, 4.69) is 37.9 Å². The number of nitrogens with one attached hydrogen (secondary N) is 2. The second kappa shape index (κ2) is 11.6. The van der Waals surface area contributed by atoms with Gasteiger partial charge in [-0.15, -0.1) is 24.0 Å². The minimum Gasteiger partial charge on any atom is -0.356 e. The van der Waals surface area contributed by atoms with E-state index in [1.54, 1.807) is 7.05 Å². The molecule has 3 rings (SSSR count). The molecule has 2 heterocycles. The number of halogens is 3. The minimum absolute atomic E-state index is 0. The van der Waals surface area contributed by atoms with E-state index in [0.29, 0.717) is 34.4 Å². The third-order valence-corrected chi connectivity index (χ3v) is 5.41. The Morgan fingerprint density at radius 3 is 2.50 bits per heavy atom. The van der Waals surface area contributed by atoms with E-state index in [4.69, 9.17) is 27.7 Å². The summed E-state index contributed by atoms with van der Waals surface area (Å²) in [6, 6.07) is 9.98. The van der Waals surface area contributed by atoms with E-state index in [1.807, 2.05) is 36.7 Å². The molecule has 0 fully saturated rings. The summed E-state index contributed by atoms with van der Waals surface area (Å²) in [5.74, 6) is 1.98. The van der Waals surface area contributed by atoms with Crippen LogP contribution in [0.3, 0.4) is 0 Å². The maximum atomic E-state index is 6.10. The fourth-order valence-corrected chi connectivity index (χ4v) is 3.22. The molecular weight excluding hydrogens is 538 g/mol. The van der Waals surface area contributed by atoms with Crippen LogP contribution in [0, 0.1) is 0 Å². The van der Waals surface area contributed by atoms with Crippen molar-refractivity contribution in [1.29, 1.82) is 0 Å². The number of aromatic nitrogens is 3. The molecule has 162 valence electrons. The van der Waals surface area contributed by atoms with Gasteiger partial charge in [0.05, 0.1) is 11.6 Å². The molecule has 0 saturated carbocycles. The summed E-state index contributed by atoms with van der Waals surface area (Å²) in [6.07, 6.45) is 1.61. The fourth-order valence-electron chi connectivity index (χ4n) is 2.81. The molecule has 0 aliphatic rings. The summed E-state index contributed by atoms with van der Waals surface area (Å²) < 4.78 is 7.12. The van der Waals surface area contributed by atoms with Gasteiger partial charge in [0, 0.05) is 38.3 Å². The first kappa shape index (κ1) is 24.5. The summed E-state index contributed by atoms with van der Waals surface area (Å²) in [5.41, 5.74) is 3.10. The Kier molecular flexibility index (Phi) is 9.44. The normalized spacial score (nSPS) is 11.3. The lowest BCUT2D eigenvalue weighted by Crippen LogP contribution is -2.38. The minimum atomic E-state index is 0. The van der Waals surface area contributed by atoms with Crippen LogP contribution >= 0.6 is 47.2 Å². The number of hydrogen-bond donors (Lipinski definition) is 2. The predicted molar refractivity (Wildman–Crippen MR) is 132 cm³/mol. The van der Waals surface area contributed by atoms with E-state index in [9.17, 15) is 0 Å². The monoisotopic (exact) mass is 562 g/mol. The van der Waals surface area contributed by atoms with Crippen molar-refractivity contribution in [2.24, 2.45) is 12.0 Å². The Hall–Kier alpha value is -1.78. The molecule has 0 unspecified atom stereocenters. The quantitative estimate of drug-likeness (QED) is 0.252. The highest BCUT2D eigenvalue weighted by atomic mass is 127. The molecule has 10 heteroatoms. The lowest BCUT2D eigenvalue weighted by atomic mass is 10.1. The van der Waals surface area contributed by atoms with Gasteiger partial charge < -0.3 is 19.7 Å². The third-order valence-electron chi connectivity index (χ3n) is 4.57. The molecule has 2 aromatic heterocycles. The molecular formula is C20H25Cl2IN6O. The van der Waals surface area contributed by atoms with Crippen LogP contribution in [0.1, 0.15) is 24.0 Å². The topological polar surface area (TPSA) is 80.3 Å². The largest absolute Gasteiger partial charge is 0.356 e. The van der Waals surface area contributed by atoms with E-state index in [-0.39, 0.29) is 24.0 Å². The maximum absolute atomic E-state index is 6.10. The summed E-state index contributed by atoms with van der Waals surface area (Å²) in [4.78, 5) is 8.60. The van der Waals surface area contributed by atoms with E-state index < -0.39 is 0 Å². The zero-order valence-electron chi connectivity index (χ0n) is 17.1. The van der Waals surface area contributed by atoms with Crippen LogP contribution in [-0.2, 0) is 26.4 Å². The second-order valence-electron chi connectivity index (χ2n) is 6.50. The van der Waals surface area contributed by atoms with Crippen molar-refractivity contribution in [3.63, 3.8) is 0 Å². The van der Waals surface area contributed by atoms with Crippen LogP contribution in [0.2, 0.25) is 10.2 Å². The molecule has 0 saturated heterocycles. The van der Waals surface area contributed by atoms with Crippen molar-refractivity contribution in [2.75, 3.05) is 13.6 Å². The molecule has 3 aromatic rings. The average molecular weight is 563 g/mol. The molecule has 0 spiro atoms. The first-order chi connectivity index (χ1) is 14.0. The molecule has 0 aliphatic carbocycles. The molecule has 0 bridgehead atoms. The molecule has 0 atom stereocenters. The molecule has 30 heavy (non-hydrogen) atoms. The fraction of sp³-hybridized carbons (Fsp3) is 0.350. The number of hydrogen-bond acceptors (Lipinski definition) is 4. The van der Waals surface area contributed by atoms with Gasteiger partial charge in [0.1, 0.15) is 5.15 Å². The van der Waals surface area contributed by atoms with E-state index in [0.717, 1.165) is 30.6 Å². The van der Waals surface area contributed by atoms with Crippen LogP contribution < -0.4 is 10.6 Å². The van der Waals surface area contributed by atoms with Crippen LogP contribution in [0.25, 0.3) is 11.5 Å². The van der Waals surface area contributed by atoms with Gasteiger partial charge in [-0.25, -0.2) is 0 Å². The Balaban J connectivity index is 0.00000320. The number of nitrogens with zero attached hydrogens (tertiary/aromatic N) is 4. The van der Waals surface area contributed by atoms with Crippen LogP contribution in [-0.4, -0.2) is 34.3 Å². The third kappa shape index (κ3) is 6.12. The first-order valence-electron chi connectivity index (χ1n) is 9.37. The maximum Gasteiger partial charge on any atom is 0.257 e. The second-order valence-corrected chi connectivity index (χ2v) is 7.27. The zero-order chi connectivity index (χ0) is 20.8. The van der Waals surface area contributed by atoms with Crippen LogP contribution in [0.15, 0.2) is 39.8 Å². The van der Waals surface area contributed by atoms with Gasteiger partial charge in [0.15, 0.2) is 11.8 Å². The van der Waals surface area contributed by atoms with Gasteiger partial charge in [0.2, 0.25) is 0 Å². The van der Waals surface area contributed by atoms with Crippen molar-refractivity contribution in [3.8, 4) is 11.5 Å². The summed E-state index contributed by atoms with van der Waals surface area (Å²) >= 11 is 12.2.